The van der Waals surface area contributed by atoms with E-state index in [0.717, 1.165) is 5.75 Å². The van der Waals surface area contributed by atoms with Crippen molar-refractivity contribution < 1.29 is 47.3 Å². The number of aliphatic hydroxyl groups excluding tert-OH is 1. The summed E-state index contributed by atoms with van der Waals surface area (Å²) in [7, 11) is 1.56. The van der Waals surface area contributed by atoms with Crippen LogP contribution in [0.3, 0.4) is 0 Å². The number of hydrogen-bond acceptors (Lipinski definition) is 3. The molecule has 1 rings (SSSR count). The molecule has 0 aromatic heterocycles. The molecule has 1 atom stereocenters. The van der Waals surface area contributed by atoms with Gasteiger partial charge < -0.3 is 14.6 Å². The van der Waals surface area contributed by atoms with Crippen LogP contribution in [-0.2, 0) is 37.4 Å². The fraction of sp³-hybridized carbons (Fsp3) is 0.538. The molecule has 3 nitrogen and oxygen atoms in total. The van der Waals surface area contributed by atoms with Gasteiger partial charge in [-0.1, -0.05) is 26.0 Å². The molecule has 4 heteroatoms. The smallest absolute Gasteiger partial charge is 0.119 e. The fourth-order valence-electron chi connectivity index (χ4n) is 1.33. The largest absolute Gasteiger partial charge is 0.491 e. The van der Waals surface area contributed by atoms with Crippen LogP contribution in [0.5, 0.6) is 5.75 Å². The molecule has 1 radical (unpaired) electrons. The Kier molecular flexibility index (Phi) is 9.06. The molecule has 1 N–H and O–H groups in total. The van der Waals surface area contributed by atoms with Crippen molar-refractivity contribution in [3.8, 4) is 5.75 Å². The summed E-state index contributed by atoms with van der Waals surface area (Å²) in [5.74, 6) is 1.33. The Bertz CT molecular complexity index is 294. The minimum absolute atomic E-state index is 0. The Morgan fingerprint density at radius 3 is 2.18 bits per heavy atom. The molecule has 0 saturated heterocycles. The molecule has 0 saturated carbocycles. The molecule has 0 bridgehead atoms. The molecule has 0 aliphatic heterocycles. The molecule has 1 aromatic rings. The maximum absolute atomic E-state index is 8.92. The Hall–Kier alpha value is 0.0439. The van der Waals surface area contributed by atoms with Crippen molar-refractivity contribution in [2.24, 2.45) is 0 Å². The zero-order valence-corrected chi connectivity index (χ0v) is 13.6. The fourth-order valence-corrected chi connectivity index (χ4v) is 1.33. The first-order valence-corrected chi connectivity index (χ1v) is 5.53. The summed E-state index contributed by atoms with van der Waals surface area (Å²) in [6, 6.07) is 8.00. The molecular weight excluding hydrogens is 293 g/mol. The quantitative estimate of drug-likeness (QED) is 0.875. The van der Waals surface area contributed by atoms with Gasteiger partial charge in [0, 0.05) is 39.8 Å². The van der Waals surface area contributed by atoms with Gasteiger partial charge in [0.15, 0.2) is 0 Å². The third-order valence-corrected chi connectivity index (χ3v) is 2.52. The minimum Gasteiger partial charge on any atom is -0.491 e. The molecule has 0 heterocycles. The molecule has 0 aliphatic rings. The van der Waals surface area contributed by atoms with Crippen molar-refractivity contribution in [1.29, 1.82) is 0 Å². The first-order valence-electron chi connectivity index (χ1n) is 5.53. The number of aliphatic hydroxyl groups is 1. The predicted octanol–water partition coefficient (Wildman–Crippen LogP) is 2.19. The maximum atomic E-state index is 8.92. The summed E-state index contributed by atoms with van der Waals surface area (Å²) in [6.45, 7) is 4.65. The van der Waals surface area contributed by atoms with Gasteiger partial charge in [-0.15, -0.1) is 0 Å². The van der Waals surface area contributed by atoms with E-state index in [2.05, 4.69) is 26.0 Å². The van der Waals surface area contributed by atoms with Crippen LogP contribution in [0.4, 0.5) is 0 Å². The van der Waals surface area contributed by atoms with E-state index in [1.165, 1.54) is 5.56 Å². The summed E-state index contributed by atoms with van der Waals surface area (Å²) in [5, 5.41) is 8.92. The SMILES string of the molecule is COC(CO)COc1ccc(C(C)C)cc1.[Y]. The Balaban J connectivity index is 0.00000256. The van der Waals surface area contributed by atoms with Gasteiger partial charge in [0.1, 0.15) is 18.5 Å². The normalized spacial score (nSPS) is 12.1. The third-order valence-electron chi connectivity index (χ3n) is 2.52. The summed E-state index contributed by atoms with van der Waals surface area (Å²) in [5.41, 5.74) is 1.29. The topological polar surface area (TPSA) is 38.7 Å². The van der Waals surface area contributed by atoms with Gasteiger partial charge in [-0.25, -0.2) is 0 Å². The van der Waals surface area contributed by atoms with Crippen LogP contribution in [0, 0.1) is 0 Å². The number of ether oxygens (including phenoxy) is 2. The van der Waals surface area contributed by atoms with Gasteiger partial charge in [0.2, 0.25) is 0 Å². The van der Waals surface area contributed by atoms with Crippen LogP contribution in [0.1, 0.15) is 25.3 Å². The van der Waals surface area contributed by atoms with Gasteiger partial charge >= 0.3 is 0 Å². The standard InChI is InChI=1S/C13H20O3.Y/c1-10(2)11-4-6-12(7-5-11)16-9-13(8-14)15-3;/h4-7,10,13-14H,8-9H2,1-3H3;. The van der Waals surface area contributed by atoms with E-state index < -0.39 is 0 Å². The molecule has 1 aromatic carbocycles. The van der Waals surface area contributed by atoms with Gasteiger partial charge in [-0.2, -0.15) is 0 Å². The molecule has 1 unspecified atom stereocenters. The first-order chi connectivity index (χ1) is 7.67. The predicted molar refractivity (Wildman–Crippen MR) is 63.9 cm³/mol. The van der Waals surface area contributed by atoms with Crippen LogP contribution in [-0.4, -0.2) is 31.5 Å². The molecule has 0 fully saturated rings. The van der Waals surface area contributed by atoms with Crippen molar-refractivity contribution in [1.82, 2.24) is 0 Å². The maximum Gasteiger partial charge on any atom is 0.119 e. The molecule has 0 spiro atoms. The van der Waals surface area contributed by atoms with Crippen molar-refractivity contribution in [2.45, 2.75) is 25.9 Å². The molecule has 17 heavy (non-hydrogen) atoms. The number of rotatable bonds is 6. The minimum atomic E-state index is -0.259. The van der Waals surface area contributed by atoms with Gasteiger partial charge in [0.25, 0.3) is 0 Å². The van der Waals surface area contributed by atoms with Crippen LogP contribution in [0.15, 0.2) is 24.3 Å². The van der Waals surface area contributed by atoms with Crippen molar-refractivity contribution in [3.05, 3.63) is 29.8 Å². The van der Waals surface area contributed by atoms with E-state index in [1.807, 2.05) is 12.1 Å². The number of hydrogen-bond donors (Lipinski definition) is 1. The molecule has 0 aliphatic carbocycles. The van der Waals surface area contributed by atoms with Crippen LogP contribution >= 0.6 is 0 Å². The van der Waals surface area contributed by atoms with E-state index in [9.17, 15) is 0 Å². The summed E-state index contributed by atoms with van der Waals surface area (Å²) in [6.07, 6.45) is -0.259. The molecule has 93 valence electrons. The monoisotopic (exact) mass is 313 g/mol. The van der Waals surface area contributed by atoms with Gasteiger partial charge in [-0.05, 0) is 23.6 Å². The molecular formula is C13H20O3Y. The second kappa shape index (κ2) is 9.04. The van der Waals surface area contributed by atoms with Gasteiger partial charge in [0.05, 0.1) is 6.61 Å². The zero-order chi connectivity index (χ0) is 12.0. The third kappa shape index (κ3) is 5.96. The van der Waals surface area contributed by atoms with E-state index in [0.29, 0.717) is 12.5 Å². The zero-order valence-electron chi connectivity index (χ0n) is 10.7. The van der Waals surface area contributed by atoms with E-state index in [-0.39, 0.29) is 45.4 Å². The number of methoxy groups -OCH3 is 1. The number of benzene rings is 1. The van der Waals surface area contributed by atoms with Crippen molar-refractivity contribution in [3.63, 3.8) is 0 Å². The second-order valence-electron chi connectivity index (χ2n) is 4.08. The summed E-state index contributed by atoms with van der Waals surface area (Å²) < 4.78 is 10.5. The van der Waals surface area contributed by atoms with Crippen LogP contribution in [0.25, 0.3) is 0 Å². The average molecular weight is 313 g/mol. The summed E-state index contributed by atoms with van der Waals surface area (Å²) in [4.78, 5) is 0. The summed E-state index contributed by atoms with van der Waals surface area (Å²) >= 11 is 0. The van der Waals surface area contributed by atoms with E-state index >= 15 is 0 Å². The second-order valence-corrected chi connectivity index (χ2v) is 4.08. The first kappa shape index (κ1) is 17.0. The van der Waals surface area contributed by atoms with Crippen molar-refractivity contribution >= 4 is 0 Å². The van der Waals surface area contributed by atoms with Gasteiger partial charge in [-0.3, -0.25) is 0 Å². The van der Waals surface area contributed by atoms with Crippen LogP contribution < -0.4 is 4.74 Å². The van der Waals surface area contributed by atoms with Crippen molar-refractivity contribution in [2.75, 3.05) is 20.3 Å². The Morgan fingerprint density at radius 2 is 1.76 bits per heavy atom. The van der Waals surface area contributed by atoms with E-state index in [4.69, 9.17) is 14.6 Å². The Morgan fingerprint density at radius 1 is 1.18 bits per heavy atom. The van der Waals surface area contributed by atoms with Crippen LogP contribution in [0.2, 0.25) is 0 Å². The Labute approximate surface area is 128 Å². The average Bonchev–Trinajstić information content (AvgIpc) is 2.31. The van der Waals surface area contributed by atoms with E-state index in [1.54, 1.807) is 7.11 Å². The molecule has 0 amide bonds.